The minimum absolute atomic E-state index is 0.0732. The molecule has 0 bridgehead atoms. The summed E-state index contributed by atoms with van der Waals surface area (Å²) in [4.78, 5) is 19.4. The molecule has 0 saturated carbocycles. The fourth-order valence-electron chi connectivity index (χ4n) is 4.07. The number of amides is 1. The number of benzene rings is 1. The van der Waals surface area contributed by atoms with Crippen molar-refractivity contribution < 1.29 is 9.90 Å². The molecule has 1 fully saturated rings. The lowest BCUT2D eigenvalue weighted by atomic mass is 9.90. The van der Waals surface area contributed by atoms with Crippen LogP contribution in [0.5, 0.6) is 0 Å². The Balaban J connectivity index is 1.41. The smallest absolute Gasteiger partial charge is 0.240 e. The molecule has 6 heteroatoms. The summed E-state index contributed by atoms with van der Waals surface area (Å²) >= 11 is 1.76. The van der Waals surface area contributed by atoms with E-state index in [9.17, 15) is 9.90 Å². The van der Waals surface area contributed by atoms with Gasteiger partial charge in [-0.3, -0.25) is 4.79 Å². The van der Waals surface area contributed by atoms with Crippen LogP contribution >= 0.6 is 11.8 Å². The molecule has 1 aromatic carbocycles. The van der Waals surface area contributed by atoms with Gasteiger partial charge in [-0.2, -0.15) is 0 Å². The molecule has 1 N–H and O–H groups in total. The predicted molar refractivity (Wildman–Crippen MR) is 103 cm³/mol. The molecule has 0 unspecified atom stereocenters. The third kappa shape index (κ3) is 3.28. The molecule has 4 rings (SSSR count). The predicted octanol–water partition coefficient (Wildman–Crippen LogP) is 2.72. The molecule has 5 nitrogen and oxygen atoms in total. The summed E-state index contributed by atoms with van der Waals surface area (Å²) in [5.74, 6) is 2.10. The van der Waals surface area contributed by atoms with E-state index in [1.807, 2.05) is 28.8 Å². The first kappa shape index (κ1) is 17.6. The molecule has 2 aromatic rings. The maximum atomic E-state index is 13.1. The average Bonchev–Trinajstić information content (AvgIpc) is 3.12. The van der Waals surface area contributed by atoms with Crippen LogP contribution in [0, 0.1) is 5.92 Å². The minimum atomic E-state index is -0.558. The Bertz CT molecular complexity index is 783. The van der Waals surface area contributed by atoms with E-state index in [-0.39, 0.29) is 17.1 Å². The number of nitrogens with zero attached hydrogens (tertiary/aromatic N) is 3. The van der Waals surface area contributed by atoms with Gasteiger partial charge in [0.2, 0.25) is 5.91 Å². The Kier molecular flexibility index (Phi) is 5.05. The Hall–Kier alpha value is -1.79. The Morgan fingerprint density at radius 3 is 2.81 bits per heavy atom. The molecule has 1 aromatic heterocycles. The standard InChI is InChI=1S/C20H25N3O2S/c1-22-12-9-21-19(22)17(24)15-6-10-23(11-7-15)20(25)18-16-5-3-2-4-14(16)8-13-26-18/h2-5,9,12,15,17-18,24H,6-8,10-11,13H2,1H3/t17-,18-/m1/s1. The van der Waals surface area contributed by atoms with Crippen LogP contribution in [0.2, 0.25) is 0 Å². The monoisotopic (exact) mass is 371 g/mol. The molecule has 26 heavy (non-hydrogen) atoms. The van der Waals surface area contributed by atoms with Crippen molar-refractivity contribution in [2.24, 2.45) is 13.0 Å². The maximum absolute atomic E-state index is 13.1. The summed E-state index contributed by atoms with van der Waals surface area (Å²) in [6, 6.07) is 8.33. The third-order valence-electron chi connectivity index (χ3n) is 5.64. The molecule has 2 aliphatic rings. The molecule has 1 amide bonds. The second kappa shape index (κ2) is 7.45. The second-order valence-corrected chi connectivity index (χ2v) is 8.42. The highest BCUT2D eigenvalue weighted by atomic mass is 32.2. The minimum Gasteiger partial charge on any atom is -0.385 e. The number of aryl methyl sites for hydroxylation is 2. The first-order valence-electron chi connectivity index (χ1n) is 9.28. The Morgan fingerprint density at radius 2 is 2.08 bits per heavy atom. The van der Waals surface area contributed by atoms with Crippen molar-refractivity contribution in [3.8, 4) is 0 Å². The number of rotatable bonds is 3. The number of thioether (sulfide) groups is 1. The molecule has 2 atom stereocenters. The number of aliphatic hydroxyl groups excluding tert-OH is 1. The summed E-state index contributed by atoms with van der Waals surface area (Å²) in [6.45, 7) is 1.43. The van der Waals surface area contributed by atoms with Crippen molar-refractivity contribution >= 4 is 17.7 Å². The number of fused-ring (bicyclic) bond motifs is 1. The van der Waals surface area contributed by atoms with Crippen LogP contribution in [0.25, 0.3) is 0 Å². The van der Waals surface area contributed by atoms with Gasteiger partial charge in [-0.25, -0.2) is 4.98 Å². The van der Waals surface area contributed by atoms with Crippen molar-refractivity contribution in [3.05, 3.63) is 53.6 Å². The highest BCUT2D eigenvalue weighted by molar-refractivity contribution is 8.00. The van der Waals surface area contributed by atoms with Gasteiger partial charge in [0.05, 0.1) is 0 Å². The number of hydrogen-bond donors (Lipinski definition) is 1. The average molecular weight is 372 g/mol. The van der Waals surface area contributed by atoms with Crippen molar-refractivity contribution in [2.75, 3.05) is 18.8 Å². The fourth-order valence-corrected chi connectivity index (χ4v) is 5.35. The molecule has 138 valence electrons. The van der Waals surface area contributed by atoms with E-state index >= 15 is 0 Å². The number of carbonyl (C=O) groups is 1. The fraction of sp³-hybridized carbons (Fsp3) is 0.500. The molecule has 0 radical (unpaired) electrons. The number of imidazole rings is 1. The van der Waals surface area contributed by atoms with Gasteiger partial charge in [0.25, 0.3) is 0 Å². The summed E-state index contributed by atoms with van der Waals surface area (Å²) in [7, 11) is 1.90. The lowest BCUT2D eigenvalue weighted by Crippen LogP contribution is -2.42. The zero-order valence-electron chi connectivity index (χ0n) is 15.0. The first-order valence-corrected chi connectivity index (χ1v) is 10.3. The lowest BCUT2D eigenvalue weighted by molar-refractivity contribution is -0.132. The lowest BCUT2D eigenvalue weighted by Gasteiger charge is -2.36. The van der Waals surface area contributed by atoms with E-state index in [2.05, 4.69) is 23.2 Å². The van der Waals surface area contributed by atoms with Crippen LogP contribution in [0.4, 0.5) is 0 Å². The van der Waals surface area contributed by atoms with E-state index < -0.39 is 6.10 Å². The van der Waals surface area contributed by atoms with Gasteiger partial charge in [-0.15, -0.1) is 11.8 Å². The van der Waals surface area contributed by atoms with Gasteiger partial charge in [-0.1, -0.05) is 24.3 Å². The van der Waals surface area contributed by atoms with E-state index in [0.29, 0.717) is 18.9 Å². The highest BCUT2D eigenvalue weighted by Crippen LogP contribution is 2.39. The molecule has 0 spiro atoms. The third-order valence-corrected chi connectivity index (χ3v) is 6.87. The molecule has 3 heterocycles. The van der Waals surface area contributed by atoms with Gasteiger partial charge >= 0.3 is 0 Å². The molecular formula is C20H25N3O2S. The second-order valence-electron chi connectivity index (χ2n) is 7.20. The number of carbonyl (C=O) groups excluding carboxylic acids is 1. The van der Waals surface area contributed by atoms with Crippen molar-refractivity contribution in [2.45, 2.75) is 30.6 Å². The van der Waals surface area contributed by atoms with Gasteiger partial charge in [-0.05, 0) is 42.1 Å². The number of aromatic nitrogens is 2. The van der Waals surface area contributed by atoms with Crippen molar-refractivity contribution in [1.29, 1.82) is 0 Å². The van der Waals surface area contributed by atoms with E-state index in [1.54, 1.807) is 18.0 Å². The zero-order chi connectivity index (χ0) is 18.1. The number of hydrogen-bond acceptors (Lipinski definition) is 4. The van der Waals surface area contributed by atoms with E-state index in [1.165, 1.54) is 11.1 Å². The Labute approximate surface area is 158 Å². The SMILES string of the molecule is Cn1ccnc1[C@H](O)C1CCN(C(=O)[C@@H]2SCCc3ccccc32)CC1. The van der Waals surface area contributed by atoms with Crippen molar-refractivity contribution in [3.63, 3.8) is 0 Å². The topological polar surface area (TPSA) is 58.4 Å². The van der Waals surface area contributed by atoms with Crippen LogP contribution in [0.1, 0.15) is 41.1 Å². The van der Waals surface area contributed by atoms with Gasteiger partial charge < -0.3 is 14.6 Å². The zero-order valence-corrected chi connectivity index (χ0v) is 15.9. The normalized spacial score (nSPS) is 22.1. The highest BCUT2D eigenvalue weighted by Gasteiger charge is 2.34. The largest absolute Gasteiger partial charge is 0.385 e. The van der Waals surface area contributed by atoms with Gasteiger partial charge in [0.1, 0.15) is 17.2 Å². The van der Waals surface area contributed by atoms with Crippen molar-refractivity contribution in [1.82, 2.24) is 14.5 Å². The summed E-state index contributed by atoms with van der Waals surface area (Å²) in [5.41, 5.74) is 2.49. The summed E-state index contributed by atoms with van der Waals surface area (Å²) < 4.78 is 1.87. The summed E-state index contributed by atoms with van der Waals surface area (Å²) in [6.07, 6.45) is 5.70. The molecule has 2 aliphatic heterocycles. The quantitative estimate of drug-likeness (QED) is 0.901. The molecular weight excluding hydrogens is 346 g/mol. The number of piperidine rings is 1. The van der Waals surface area contributed by atoms with E-state index in [0.717, 1.165) is 25.0 Å². The first-order chi connectivity index (χ1) is 12.6. The maximum Gasteiger partial charge on any atom is 0.240 e. The van der Waals surface area contributed by atoms with Gasteiger partial charge in [0, 0.05) is 32.5 Å². The van der Waals surface area contributed by atoms with E-state index in [4.69, 9.17) is 0 Å². The van der Waals surface area contributed by atoms with Gasteiger partial charge in [0.15, 0.2) is 0 Å². The number of aliphatic hydroxyl groups is 1. The van der Waals surface area contributed by atoms with Crippen LogP contribution in [-0.4, -0.2) is 44.3 Å². The van der Waals surface area contributed by atoms with Crippen LogP contribution < -0.4 is 0 Å². The Morgan fingerprint density at radius 1 is 1.31 bits per heavy atom. The number of likely N-dealkylation sites (tertiary alicyclic amines) is 1. The van der Waals surface area contributed by atoms with Crippen LogP contribution in [0.15, 0.2) is 36.7 Å². The van der Waals surface area contributed by atoms with Crippen LogP contribution in [0.3, 0.4) is 0 Å². The molecule has 0 aliphatic carbocycles. The van der Waals surface area contributed by atoms with Crippen LogP contribution in [-0.2, 0) is 18.3 Å². The molecule has 1 saturated heterocycles. The summed E-state index contributed by atoms with van der Waals surface area (Å²) in [5, 5.41) is 10.6.